The van der Waals surface area contributed by atoms with Crippen molar-refractivity contribution in [3.8, 4) is 0 Å². The molecule has 0 radical (unpaired) electrons. The van der Waals surface area contributed by atoms with Gasteiger partial charge < -0.3 is 0 Å². The molecule has 1 aromatic heterocycles. The third-order valence-electron chi connectivity index (χ3n) is 3.89. The van der Waals surface area contributed by atoms with Crippen molar-refractivity contribution in [2.75, 3.05) is 0 Å². The SMILES string of the molecule is CC(C)CCC1=CCc2ccc(Cn3cncn3)cc21. The van der Waals surface area contributed by atoms with Gasteiger partial charge in [-0.15, -0.1) is 0 Å². The number of hydrogen-bond acceptors (Lipinski definition) is 2. The predicted octanol–water partition coefficient (Wildman–Crippen LogP) is 3.70. The summed E-state index contributed by atoms with van der Waals surface area (Å²) < 4.78 is 1.87. The minimum absolute atomic E-state index is 0.762. The smallest absolute Gasteiger partial charge is 0.137 e. The quantitative estimate of drug-likeness (QED) is 0.827. The number of aromatic nitrogens is 3. The van der Waals surface area contributed by atoms with Crippen LogP contribution in [0.15, 0.2) is 36.9 Å². The van der Waals surface area contributed by atoms with E-state index >= 15 is 0 Å². The zero-order chi connectivity index (χ0) is 13.9. The van der Waals surface area contributed by atoms with Crippen molar-refractivity contribution in [2.24, 2.45) is 5.92 Å². The van der Waals surface area contributed by atoms with E-state index in [1.54, 1.807) is 12.7 Å². The number of nitrogens with zero attached hydrogens (tertiary/aromatic N) is 3. The fourth-order valence-electron chi connectivity index (χ4n) is 2.72. The lowest BCUT2D eigenvalue weighted by molar-refractivity contribution is 0.599. The number of fused-ring (bicyclic) bond motifs is 1. The van der Waals surface area contributed by atoms with E-state index in [0.717, 1.165) is 18.9 Å². The highest BCUT2D eigenvalue weighted by Crippen LogP contribution is 2.32. The van der Waals surface area contributed by atoms with Gasteiger partial charge in [-0.1, -0.05) is 32.1 Å². The van der Waals surface area contributed by atoms with Crippen LogP contribution in [0.25, 0.3) is 5.57 Å². The molecular weight excluding hydrogens is 246 g/mol. The lowest BCUT2D eigenvalue weighted by Gasteiger charge is -2.10. The normalized spacial score (nSPS) is 13.7. The average Bonchev–Trinajstić information content (AvgIpc) is 3.05. The van der Waals surface area contributed by atoms with Gasteiger partial charge in [0.1, 0.15) is 12.7 Å². The second kappa shape index (κ2) is 5.61. The molecule has 3 heteroatoms. The van der Waals surface area contributed by atoms with Crippen molar-refractivity contribution < 1.29 is 0 Å². The molecule has 1 aliphatic carbocycles. The molecule has 0 amide bonds. The first-order valence-electron chi connectivity index (χ1n) is 7.36. The monoisotopic (exact) mass is 267 g/mol. The Morgan fingerprint density at radius 3 is 2.95 bits per heavy atom. The van der Waals surface area contributed by atoms with Crippen molar-refractivity contribution in [3.05, 3.63) is 53.6 Å². The maximum atomic E-state index is 4.17. The summed E-state index contributed by atoms with van der Waals surface area (Å²) in [6, 6.07) is 6.80. The van der Waals surface area contributed by atoms with Gasteiger partial charge >= 0.3 is 0 Å². The summed E-state index contributed by atoms with van der Waals surface area (Å²) in [4.78, 5) is 4.00. The minimum atomic E-state index is 0.762. The molecule has 2 aromatic rings. The van der Waals surface area contributed by atoms with E-state index in [0.29, 0.717) is 0 Å². The van der Waals surface area contributed by atoms with Gasteiger partial charge in [-0.25, -0.2) is 9.67 Å². The summed E-state index contributed by atoms with van der Waals surface area (Å²) in [5, 5.41) is 4.17. The van der Waals surface area contributed by atoms with Crippen LogP contribution in [0.4, 0.5) is 0 Å². The van der Waals surface area contributed by atoms with Gasteiger partial charge in [0.2, 0.25) is 0 Å². The first-order valence-corrected chi connectivity index (χ1v) is 7.36. The molecule has 0 unspecified atom stereocenters. The molecule has 20 heavy (non-hydrogen) atoms. The van der Waals surface area contributed by atoms with E-state index in [1.807, 2.05) is 4.68 Å². The third kappa shape index (κ3) is 2.82. The van der Waals surface area contributed by atoms with Gasteiger partial charge in [0.25, 0.3) is 0 Å². The molecule has 3 nitrogen and oxygen atoms in total. The van der Waals surface area contributed by atoms with Gasteiger partial charge in [0.05, 0.1) is 6.54 Å². The van der Waals surface area contributed by atoms with Crippen LogP contribution in [0, 0.1) is 5.92 Å². The molecule has 3 rings (SSSR count). The van der Waals surface area contributed by atoms with Crippen molar-refractivity contribution >= 4 is 5.57 Å². The van der Waals surface area contributed by atoms with E-state index in [4.69, 9.17) is 0 Å². The van der Waals surface area contributed by atoms with Crippen LogP contribution in [0.3, 0.4) is 0 Å². The van der Waals surface area contributed by atoms with E-state index in [2.05, 4.69) is 48.2 Å². The topological polar surface area (TPSA) is 30.7 Å². The van der Waals surface area contributed by atoms with Gasteiger partial charge in [-0.05, 0) is 53.5 Å². The minimum Gasteiger partial charge on any atom is -0.249 e. The molecule has 0 bridgehead atoms. The molecule has 1 heterocycles. The fourth-order valence-corrected chi connectivity index (χ4v) is 2.72. The standard InChI is InChI=1S/C17H21N3/c1-13(2)3-5-15-7-8-16-6-4-14(9-17(15)16)10-20-12-18-11-19-20/h4,6-7,9,11-13H,3,5,8,10H2,1-2H3. The van der Waals surface area contributed by atoms with Crippen LogP contribution in [0.2, 0.25) is 0 Å². The Hall–Kier alpha value is -1.90. The number of hydrogen-bond donors (Lipinski definition) is 0. The van der Waals surface area contributed by atoms with Gasteiger partial charge in [0, 0.05) is 0 Å². The second-order valence-electron chi connectivity index (χ2n) is 5.95. The molecule has 0 saturated heterocycles. The summed E-state index contributed by atoms with van der Waals surface area (Å²) in [5.74, 6) is 0.762. The molecule has 0 aliphatic heterocycles. The lowest BCUT2D eigenvalue weighted by atomic mass is 9.96. The van der Waals surface area contributed by atoms with E-state index in [9.17, 15) is 0 Å². The summed E-state index contributed by atoms with van der Waals surface area (Å²) >= 11 is 0. The van der Waals surface area contributed by atoms with Crippen LogP contribution in [-0.2, 0) is 13.0 Å². The first-order chi connectivity index (χ1) is 9.72. The van der Waals surface area contributed by atoms with E-state index in [1.165, 1.54) is 35.1 Å². The summed E-state index contributed by atoms with van der Waals surface area (Å²) in [6.07, 6.45) is 9.29. The highest BCUT2D eigenvalue weighted by atomic mass is 15.3. The van der Waals surface area contributed by atoms with Crippen molar-refractivity contribution in [1.29, 1.82) is 0 Å². The molecule has 0 saturated carbocycles. The van der Waals surface area contributed by atoms with Crippen molar-refractivity contribution in [2.45, 2.75) is 39.7 Å². The zero-order valence-corrected chi connectivity index (χ0v) is 12.2. The Labute approximate surface area is 120 Å². The van der Waals surface area contributed by atoms with Crippen LogP contribution in [0.1, 0.15) is 43.4 Å². The van der Waals surface area contributed by atoms with Crippen LogP contribution < -0.4 is 0 Å². The predicted molar refractivity (Wildman–Crippen MR) is 81.3 cm³/mol. The highest BCUT2D eigenvalue weighted by molar-refractivity contribution is 5.73. The third-order valence-corrected chi connectivity index (χ3v) is 3.89. The van der Waals surface area contributed by atoms with Crippen LogP contribution in [-0.4, -0.2) is 14.8 Å². The zero-order valence-electron chi connectivity index (χ0n) is 12.2. The molecule has 0 fully saturated rings. The van der Waals surface area contributed by atoms with E-state index in [-0.39, 0.29) is 0 Å². The lowest BCUT2D eigenvalue weighted by Crippen LogP contribution is -2.01. The summed E-state index contributed by atoms with van der Waals surface area (Å²) in [7, 11) is 0. The molecule has 0 N–H and O–H groups in total. The second-order valence-corrected chi connectivity index (χ2v) is 5.95. The number of rotatable bonds is 5. The molecule has 1 aromatic carbocycles. The molecule has 104 valence electrons. The highest BCUT2D eigenvalue weighted by Gasteiger charge is 2.14. The Kier molecular flexibility index (Phi) is 3.68. The van der Waals surface area contributed by atoms with Crippen LogP contribution >= 0.6 is 0 Å². The van der Waals surface area contributed by atoms with Gasteiger partial charge in [-0.3, -0.25) is 0 Å². The largest absolute Gasteiger partial charge is 0.249 e. The Bertz CT molecular complexity index is 609. The molecular formula is C17H21N3. The molecule has 1 aliphatic rings. The Balaban J connectivity index is 1.78. The summed E-state index contributed by atoms with van der Waals surface area (Å²) in [5.41, 5.74) is 5.73. The fraction of sp³-hybridized carbons (Fsp3) is 0.412. The van der Waals surface area contributed by atoms with Crippen LogP contribution in [0.5, 0.6) is 0 Å². The van der Waals surface area contributed by atoms with Gasteiger partial charge in [0.15, 0.2) is 0 Å². The van der Waals surface area contributed by atoms with Crippen molar-refractivity contribution in [3.63, 3.8) is 0 Å². The van der Waals surface area contributed by atoms with E-state index < -0.39 is 0 Å². The Morgan fingerprint density at radius 2 is 2.20 bits per heavy atom. The first kappa shape index (κ1) is 13.1. The number of benzene rings is 1. The molecule has 0 spiro atoms. The number of allylic oxidation sites excluding steroid dienone is 2. The molecule has 0 atom stereocenters. The van der Waals surface area contributed by atoms with Gasteiger partial charge in [-0.2, -0.15) is 5.10 Å². The maximum Gasteiger partial charge on any atom is 0.137 e. The maximum absolute atomic E-state index is 4.17. The summed E-state index contributed by atoms with van der Waals surface area (Å²) in [6.45, 7) is 5.37. The van der Waals surface area contributed by atoms with Crippen molar-refractivity contribution in [1.82, 2.24) is 14.8 Å². The Morgan fingerprint density at radius 1 is 1.30 bits per heavy atom. The average molecular weight is 267 g/mol.